The SMILES string of the molecule is CC(N)CCOCCCOCC(C)N. The monoisotopic (exact) mass is 204 g/mol. The van der Waals surface area contributed by atoms with Gasteiger partial charge in [-0.2, -0.15) is 0 Å². The smallest absolute Gasteiger partial charge is 0.0614 e. The molecule has 4 heteroatoms. The van der Waals surface area contributed by atoms with Gasteiger partial charge in [-0.3, -0.25) is 0 Å². The molecule has 0 saturated heterocycles. The summed E-state index contributed by atoms with van der Waals surface area (Å²) in [6, 6.07) is 0.346. The second-order valence-corrected chi connectivity index (χ2v) is 3.78. The van der Waals surface area contributed by atoms with E-state index in [1.807, 2.05) is 13.8 Å². The minimum absolute atomic E-state index is 0.119. The Bertz CT molecular complexity index is 105. The van der Waals surface area contributed by atoms with E-state index in [-0.39, 0.29) is 12.1 Å². The lowest BCUT2D eigenvalue weighted by Crippen LogP contribution is -2.22. The normalized spacial score (nSPS) is 15.4. The Kier molecular flexibility index (Phi) is 9.29. The quantitative estimate of drug-likeness (QED) is 0.536. The maximum absolute atomic E-state index is 5.57. The van der Waals surface area contributed by atoms with Gasteiger partial charge in [0, 0.05) is 31.9 Å². The van der Waals surface area contributed by atoms with Crippen molar-refractivity contribution in [1.29, 1.82) is 0 Å². The number of rotatable bonds is 9. The van der Waals surface area contributed by atoms with Crippen LogP contribution in [0.15, 0.2) is 0 Å². The fourth-order valence-corrected chi connectivity index (χ4v) is 0.904. The van der Waals surface area contributed by atoms with E-state index in [1.54, 1.807) is 0 Å². The highest BCUT2D eigenvalue weighted by atomic mass is 16.5. The minimum Gasteiger partial charge on any atom is -0.381 e. The van der Waals surface area contributed by atoms with Crippen LogP contribution >= 0.6 is 0 Å². The summed E-state index contributed by atoms with van der Waals surface area (Å²) in [5, 5.41) is 0. The number of nitrogens with two attached hydrogens (primary N) is 2. The molecule has 0 heterocycles. The van der Waals surface area contributed by atoms with Gasteiger partial charge < -0.3 is 20.9 Å². The van der Waals surface area contributed by atoms with E-state index in [0.717, 1.165) is 32.7 Å². The molecular weight excluding hydrogens is 180 g/mol. The van der Waals surface area contributed by atoms with Crippen LogP contribution in [0.3, 0.4) is 0 Å². The fraction of sp³-hybridized carbons (Fsp3) is 1.00. The summed E-state index contributed by atoms with van der Waals surface area (Å²) in [5.41, 5.74) is 11.1. The van der Waals surface area contributed by atoms with Crippen molar-refractivity contribution in [2.24, 2.45) is 11.5 Å². The van der Waals surface area contributed by atoms with Gasteiger partial charge in [-0.1, -0.05) is 0 Å². The highest BCUT2D eigenvalue weighted by Crippen LogP contribution is 1.90. The highest BCUT2D eigenvalue weighted by molar-refractivity contribution is 4.51. The van der Waals surface area contributed by atoms with E-state index >= 15 is 0 Å². The van der Waals surface area contributed by atoms with Crippen molar-refractivity contribution in [1.82, 2.24) is 0 Å². The van der Waals surface area contributed by atoms with E-state index in [0.29, 0.717) is 6.61 Å². The number of ether oxygens (including phenoxy) is 2. The first-order valence-electron chi connectivity index (χ1n) is 5.29. The molecule has 0 radical (unpaired) electrons. The molecule has 0 rings (SSSR count). The predicted octanol–water partition coefficient (Wildman–Crippen LogP) is 0.494. The molecule has 0 spiro atoms. The van der Waals surface area contributed by atoms with Gasteiger partial charge in [0.25, 0.3) is 0 Å². The van der Waals surface area contributed by atoms with Crippen LogP contribution in [-0.4, -0.2) is 38.5 Å². The maximum atomic E-state index is 5.57. The molecule has 4 N–H and O–H groups in total. The van der Waals surface area contributed by atoms with E-state index in [1.165, 1.54) is 0 Å². The molecule has 0 fully saturated rings. The summed E-state index contributed by atoms with van der Waals surface area (Å²) in [6.07, 6.45) is 1.84. The molecular formula is C10H24N2O2. The zero-order valence-electron chi connectivity index (χ0n) is 9.37. The Hall–Kier alpha value is -0.160. The van der Waals surface area contributed by atoms with Crippen LogP contribution in [0.5, 0.6) is 0 Å². The van der Waals surface area contributed by atoms with Crippen LogP contribution in [0, 0.1) is 0 Å². The average molecular weight is 204 g/mol. The molecule has 0 aromatic rings. The standard InChI is InChI=1S/C10H24N2O2/c1-9(11)4-7-13-5-3-6-14-8-10(2)12/h9-10H,3-8,11-12H2,1-2H3. The van der Waals surface area contributed by atoms with Crippen molar-refractivity contribution in [3.8, 4) is 0 Å². The van der Waals surface area contributed by atoms with Crippen LogP contribution in [0.25, 0.3) is 0 Å². The van der Waals surface area contributed by atoms with Gasteiger partial charge in [-0.25, -0.2) is 0 Å². The molecule has 14 heavy (non-hydrogen) atoms. The molecule has 0 amide bonds. The Balaban J connectivity index is 2.92. The van der Waals surface area contributed by atoms with Crippen LogP contribution in [0.4, 0.5) is 0 Å². The van der Waals surface area contributed by atoms with E-state index in [4.69, 9.17) is 20.9 Å². The Morgan fingerprint density at radius 3 is 2.14 bits per heavy atom. The first-order chi connectivity index (χ1) is 6.63. The summed E-state index contributed by atoms with van der Waals surface area (Å²) in [6.45, 7) is 6.74. The molecule has 0 saturated carbocycles. The molecule has 86 valence electrons. The van der Waals surface area contributed by atoms with Gasteiger partial charge >= 0.3 is 0 Å². The third kappa shape index (κ3) is 11.8. The molecule has 0 aromatic carbocycles. The van der Waals surface area contributed by atoms with Crippen molar-refractivity contribution in [3.63, 3.8) is 0 Å². The van der Waals surface area contributed by atoms with Gasteiger partial charge in [-0.15, -0.1) is 0 Å². The third-order valence-electron chi connectivity index (χ3n) is 1.68. The molecule has 0 aliphatic heterocycles. The predicted molar refractivity (Wildman–Crippen MR) is 58.2 cm³/mol. The Morgan fingerprint density at radius 2 is 1.57 bits per heavy atom. The van der Waals surface area contributed by atoms with Gasteiger partial charge in [-0.05, 0) is 26.7 Å². The third-order valence-corrected chi connectivity index (χ3v) is 1.68. The second-order valence-electron chi connectivity index (χ2n) is 3.78. The molecule has 4 nitrogen and oxygen atoms in total. The molecule has 2 atom stereocenters. The summed E-state index contributed by atoms with van der Waals surface area (Å²) in [7, 11) is 0. The van der Waals surface area contributed by atoms with Crippen molar-refractivity contribution in [3.05, 3.63) is 0 Å². The van der Waals surface area contributed by atoms with Crippen LogP contribution in [-0.2, 0) is 9.47 Å². The largest absolute Gasteiger partial charge is 0.381 e. The molecule has 0 aromatic heterocycles. The molecule has 0 aliphatic rings. The molecule has 0 aliphatic carbocycles. The minimum atomic E-state index is 0.119. The maximum Gasteiger partial charge on any atom is 0.0614 e. The topological polar surface area (TPSA) is 70.5 Å². The molecule has 0 bridgehead atoms. The summed E-state index contributed by atoms with van der Waals surface area (Å²) < 4.78 is 10.7. The van der Waals surface area contributed by atoms with Crippen molar-refractivity contribution >= 4 is 0 Å². The van der Waals surface area contributed by atoms with Crippen LogP contribution in [0.2, 0.25) is 0 Å². The van der Waals surface area contributed by atoms with Crippen molar-refractivity contribution < 1.29 is 9.47 Å². The Labute approximate surface area is 86.9 Å². The number of hydrogen-bond donors (Lipinski definition) is 2. The lowest BCUT2D eigenvalue weighted by Gasteiger charge is -2.08. The Morgan fingerprint density at radius 1 is 0.929 bits per heavy atom. The van der Waals surface area contributed by atoms with Crippen molar-refractivity contribution in [2.45, 2.75) is 38.8 Å². The van der Waals surface area contributed by atoms with E-state index in [2.05, 4.69) is 0 Å². The van der Waals surface area contributed by atoms with Crippen LogP contribution < -0.4 is 11.5 Å². The zero-order chi connectivity index (χ0) is 10.8. The number of hydrogen-bond acceptors (Lipinski definition) is 4. The van der Waals surface area contributed by atoms with Crippen LogP contribution in [0.1, 0.15) is 26.7 Å². The van der Waals surface area contributed by atoms with E-state index < -0.39 is 0 Å². The lowest BCUT2D eigenvalue weighted by molar-refractivity contribution is 0.0766. The summed E-state index contributed by atoms with van der Waals surface area (Å²) in [4.78, 5) is 0. The van der Waals surface area contributed by atoms with E-state index in [9.17, 15) is 0 Å². The average Bonchev–Trinajstić information content (AvgIpc) is 2.08. The zero-order valence-corrected chi connectivity index (χ0v) is 9.37. The second kappa shape index (κ2) is 9.40. The van der Waals surface area contributed by atoms with Gasteiger partial charge in [0.15, 0.2) is 0 Å². The summed E-state index contributed by atoms with van der Waals surface area (Å²) in [5.74, 6) is 0. The fourth-order valence-electron chi connectivity index (χ4n) is 0.904. The highest BCUT2D eigenvalue weighted by Gasteiger charge is 1.95. The van der Waals surface area contributed by atoms with Crippen molar-refractivity contribution in [2.75, 3.05) is 26.4 Å². The molecule has 2 unspecified atom stereocenters. The summed E-state index contributed by atoms with van der Waals surface area (Å²) >= 11 is 0. The van der Waals surface area contributed by atoms with Gasteiger partial charge in [0.2, 0.25) is 0 Å². The first kappa shape index (κ1) is 13.8. The first-order valence-corrected chi connectivity index (χ1v) is 5.29. The van der Waals surface area contributed by atoms with Gasteiger partial charge in [0.05, 0.1) is 6.61 Å². The van der Waals surface area contributed by atoms with Gasteiger partial charge in [0.1, 0.15) is 0 Å². The lowest BCUT2D eigenvalue weighted by atomic mass is 10.3.